The summed E-state index contributed by atoms with van der Waals surface area (Å²) in [6.07, 6.45) is 1.96. The SMILES string of the molecule is O=C(O)Cc1ccc(Cl)cc1N(C(=O)c1ccoc1)C(=O)N1CCNC1=O. The molecule has 1 aromatic carbocycles. The summed E-state index contributed by atoms with van der Waals surface area (Å²) in [6, 6.07) is 3.98. The zero-order valence-electron chi connectivity index (χ0n) is 13.8. The van der Waals surface area contributed by atoms with Crippen LogP contribution in [-0.2, 0) is 11.2 Å². The van der Waals surface area contributed by atoms with Gasteiger partial charge in [0.1, 0.15) is 6.26 Å². The van der Waals surface area contributed by atoms with E-state index in [4.69, 9.17) is 21.1 Å². The molecule has 27 heavy (non-hydrogen) atoms. The molecule has 0 bridgehead atoms. The van der Waals surface area contributed by atoms with Crippen molar-refractivity contribution < 1.29 is 28.7 Å². The monoisotopic (exact) mass is 391 g/mol. The van der Waals surface area contributed by atoms with Crippen LogP contribution < -0.4 is 10.2 Å². The van der Waals surface area contributed by atoms with E-state index in [9.17, 15) is 19.2 Å². The van der Waals surface area contributed by atoms with Crippen molar-refractivity contribution in [3.63, 3.8) is 0 Å². The van der Waals surface area contributed by atoms with Crippen LogP contribution in [0.5, 0.6) is 0 Å². The zero-order chi connectivity index (χ0) is 19.6. The molecule has 3 rings (SSSR count). The number of nitrogens with zero attached hydrogens (tertiary/aromatic N) is 2. The molecule has 2 aromatic rings. The summed E-state index contributed by atoms with van der Waals surface area (Å²) in [6.45, 7) is 0.317. The highest BCUT2D eigenvalue weighted by atomic mass is 35.5. The van der Waals surface area contributed by atoms with Gasteiger partial charge in [-0.3, -0.25) is 9.59 Å². The summed E-state index contributed by atoms with van der Waals surface area (Å²) in [4.78, 5) is 50.7. The number of hydrogen-bond acceptors (Lipinski definition) is 5. The van der Waals surface area contributed by atoms with Crippen molar-refractivity contribution in [1.29, 1.82) is 0 Å². The minimum absolute atomic E-state index is 0.0131. The van der Waals surface area contributed by atoms with Crippen molar-refractivity contribution in [3.8, 4) is 0 Å². The van der Waals surface area contributed by atoms with E-state index in [1.165, 1.54) is 30.5 Å². The lowest BCUT2D eigenvalue weighted by Gasteiger charge is -2.26. The fourth-order valence-corrected chi connectivity index (χ4v) is 2.81. The van der Waals surface area contributed by atoms with Gasteiger partial charge in [0.05, 0.1) is 23.9 Å². The molecule has 1 aromatic heterocycles. The molecule has 1 aliphatic heterocycles. The molecule has 10 heteroatoms. The van der Waals surface area contributed by atoms with E-state index in [1.807, 2.05) is 0 Å². The molecule has 140 valence electrons. The Hall–Kier alpha value is -3.33. The highest BCUT2D eigenvalue weighted by Gasteiger charge is 2.36. The first-order valence-electron chi connectivity index (χ1n) is 7.84. The van der Waals surface area contributed by atoms with Crippen LogP contribution in [0.25, 0.3) is 0 Å². The molecule has 0 spiro atoms. The van der Waals surface area contributed by atoms with Crippen molar-refractivity contribution in [2.75, 3.05) is 18.0 Å². The molecule has 0 atom stereocenters. The number of benzene rings is 1. The average Bonchev–Trinajstić information content (AvgIpc) is 3.28. The van der Waals surface area contributed by atoms with Gasteiger partial charge in [0.2, 0.25) is 0 Å². The van der Waals surface area contributed by atoms with Gasteiger partial charge in [-0.2, -0.15) is 0 Å². The number of carbonyl (C=O) groups is 4. The van der Waals surface area contributed by atoms with E-state index in [0.717, 1.165) is 16.1 Å². The number of anilines is 1. The summed E-state index contributed by atoms with van der Waals surface area (Å²) in [5.41, 5.74) is 0.238. The highest BCUT2D eigenvalue weighted by molar-refractivity contribution is 6.31. The summed E-state index contributed by atoms with van der Waals surface area (Å²) < 4.78 is 4.89. The first-order valence-corrected chi connectivity index (χ1v) is 8.22. The molecular formula is C17H14ClN3O6. The number of halogens is 1. The van der Waals surface area contributed by atoms with Gasteiger partial charge in [-0.25, -0.2) is 19.4 Å². The number of hydrogen-bond donors (Lipinski definition) is 2. The van der Waals surface area contributed by atoms with E-state index in [0.29, 0.717) is 0 Å². The number of nitrogens with one attached hydrogen (secondary N) is 1. The molecule has 0 aliphatic carbocycles. The fourth-order valence-electron chi connectivity index (χ4n) is 2.65. The van der Waals surface area contributed by atoms with E-state index >= 15 is 0 Å². The minimum atomic E-state index is -1.15. The Labute approximate surface area is 158 Å². The first-order chi connectivity index (χ1) is 12.9. The van der Waals surface area contributed by atoms with Gasteiger partial charge in [-0.05, 0) is 23.8 Å². The lowest BCUT2D eigenvalue weighted by molar-refractivity contribution is -0.136. The predicted molar refractivity (Wildman–Crippen MR) is 93.8 cm³/mol. The number of urea groups is 2. The maximum atomic E-state index is 13.0. The molecule has 2 N–H and O–H groups in total. The molecule has 0 saturated carbocycles. The summed E-state index contributed by atoms with van der Waals surface area (Å²) in [5.74, 6) is -1.93. The molecule has 1 fully saturated rings. The normalized spacial score (nSPS) is 13.4. The Morgan fingerprint density at radius 1 is 1.30 bits per heavy atom. The van der Waals surface area contributed by atoms with Gasteiger partial charge in [-0.1, -0.05) is 17.7 Å². The number of rotatable bonds is 4. The molecule has 1 saturated heterocycles. The molecule has 9 nitrogen and oxygen atoms in total. The number of furan rings is 1. The highest BCUT2D eigenvalue weighted by Crippen LogP contribution is 2.28. The minimum Gasteiger partial charge on any atom is -0.481 e. The lowest BCUT2D eigenvalue weighted by Crippen LogP contribution is -2.48. The van der Waals surface area contributed by atoms with Gasteiger partial charge in [-0.15, -0.1) is 0 Å². The second kappa shape index (κ2) is 7.50. The fraction of sp³-hybridized carbons (Fsp3) is 0.176. The molecular weight excluding hydrogens is 378 g/mol. The smallest absolute Gasteiger partial charge is 0.339 e. The van der Waals surface area contributed by atoms with Crippen LogP contribution in [0.1, 0.15) is 15.9 Å². The van der Waals surface area contributed by atoms with E-state index in [1.54, 1.807) is 0 Å². The first kappa shape index (κ1) is 18.5. The maximum absolute atomic E-state index is 13.0. The van der Waals surface area contributed by atoms with Crippen LogP contribution in [0, 0.1) is 0 Å². The number of imide groups is 2. The third-order valence-corrected chi connectivity index (χ3v) is 4.12. The summed E-state index contributed by atoms with van der Waals surface area (Å²) in [5, 5.41) is 11.8. The van der Waals surface area contributed by atoms with Crippen molar-refractivity contribution >= 4 is 41.2 Å². The molecule has 1 aliphatic rings. The van der Waals surface area contributed by atoms with Gasteiger partial charge in [0.25, 0.3) is 5.91 Å². The van der Waals surface area contributed by atoms with Crippen molar-refractivity contribution in [2.45, 2.75) is 6.42 Å². The quantitative estimate of drug-likeness (QED) is 0.825. The Balaban J connectivity index is 2.11. The van der Waals surface area contributed by atoms with Crippen LogP contribution in [0.3, 0.4) is 0 Å². The van der Waals surface area contributed by atoms with Crippen molar-refractivity contribution in [2.24, 2.45) is 0 Å². The van der Waals surface area contributed by atoms with Gasteiger partial charge >= 0.3 is 18.0 Å². The third kappa shape index (κ3) is 3.77. The van der Waals surface area contributed by atoms with Crippen molar-refractivity contribution in [3.05, 3.63) is 52.9 Å². The van der Waals surface area contributed by atoms with Crippen LogP contribution >= 0.6 is 11.6 Å². The Morgan fingerprint density at radius 2 is 2.07 bits per heavy atom. The number of amides is 5. The maximum Gasteiger partial charge on any atom is 0.339 e. The predicted octanol–water partition coefficient (Wildman–Crippen LogP) is 2.35. The van der Waals surface area contributed by atoms with E-state index in [-0.39, 0.29) is 34.9 Å². The van der Waals surface area contributed by atoms with E-state index < -0.39 is 30.4 Å². The number of aliphatic carboxylic acids is 1. The molecule has 0 radical (unpaired) electrons. The van der Waals surface area contributed by atoms with Gasteiger partial charge in [0.15, 0.2) is 0 Å². The number of carbonyl (C=O) groups excluding carboxylic acids is 3. The van der Waals surface area contributed by atoms with Gasteiger partial charge in [0, 0.05) is 18.1 Å². The van der Waals surface area contributed by atoms with Crippen LogP contribution in [0.2, 0.25) is 5.02 Å². The van der Waals surface area contributed by atoms with Crippen LogP contribution in [0.4, 0.5) is 15.3 Å². The summed E-state index contributed by atoms with van der Waals surface area (Å²) in [7, 11) is 0. The lowest BCUT2D eigenvalue weighted by atomic mass is 10.1. The third-order valence-electron chi connectivity index (χ3n) is 3.88. The number of carboxylic acids is 1. The second-order valence-corrected chi connectivity index (χ2v) is 6.10. The average molecular weight is 392 g/mol. The number of carboxylic acid groups (broad SMARTS) is 1. The Bertz CT molecular complexity index is 911. The topological polar surface area (TPSA) is 120 Å². The van der Waals surface area contributed by atoms with Crippen LogP contribution in [-0.4, -0.2) is 47.0 Å². The molecule has 0 unspecified atom stereocenters. The Morgan fingerprint density at radius 3 is 2.67 bits per heavy atom. The Kier molecular flexibility index (Phi) is 5.13. The molecule has 5 amide bonds. The summed E-state index contributed by atoms with van der Waals surface area (Å²) >= 11 is 6.01. The van der Waals surface area contributed by atoms with E-state index in [2.05, 4.69) is 5.32 Å². The standard InChI is InChI=1S/C17H14ClN3O6/c18-12-2-1-10(7-14(22)23)13(8-12)21(15(24)11-3-6-27-9-11)17(26)20-5-4-19-16(20)25/h1-3,6,8-9H,4-5,7H2,(H,19,25)(H,22,23). The van der Waals surface area contributed by atoms with Crippen molar-refractivity contribution in [1.82, 2.24) is 10.2 Å². The molecule has 2 heterocycles. The van der Waals surface area contributed by atoms with Gasteiger partial charge < -0.3 is 14.8 Å². The zero-order valence-corrected chi connectivity index (χ0v) is 14.6. The second-order valence-electron chi connectivity index (χ2n) is 5.66. The van der Waals surface area contributed by atoms with Crippen LogP contribution in [0.15, 0.2) is 41.2 Å². The largest absolute Gasteiger partial charge is 0.481 e.